The number of carbonyl (C=O) groups is 2. The van der Waals surface area contributed by atoms with Gasteiger partial charge in [0.15, 0.2) is 5.76 Å². The van der Waals surface area contributed by atoms with Gasteiger partial charge in [0.25, 0.3) is 0 Å². The van der Waals surface area contributed by atoms with Crippen molar-refractivity contribution in [3.63, 3.8) is 0 Å². The number of carbonyl (C=O) groups excluding carboxylic acids is 1. The first-order valence-corrected chi connectivity index (χ1v) is 7.20. The monoisotopic (exact) mass is 314 g/mol. The van der Waals surface area contributed by atoms with E-state index in [9.17, 15) is 9.59 Å². The van der Waals surface area contributed by atoms with Gasteiger partial charge in [-0.25, -0.2) is 4.79 Å². The standard InChI is InChI=1S/C17H18N2O4/c1-11(2)15-9-14(23-19-15)10-18-16(20)8-5-12-3-6-13(7-4-12)17(21)22/h3-9,11H,10H2,1-2H3,(H,18,20)(H,21,22). The van der Waals surface area contributed by atoms with E-state index >= 15 is 0 Å². The Morgan fingerprint density at radius 1 is 1.30 bits per heavy atom. The molecule has 23 heavy (non-hydrogen) atoms. The number of aromatic carboxylic acids is 1. The molecule has 6 heteroatoms. The molecule has 120 valence electrons. The summed E-state index contributed by atoms with van der Waals surface area (Å²) in [7, 11) is 0. The summed E-state index contributed by atoms with van der Waals surface area (Å²) in [5.41, 5.74) is 1.80. The lowest BCUT2D eigenvalue weighted by atomic mass is 10.1. The minimum absolute atomic E-state index is 0.206. The predicted molar refractivity (Wildman–Crippen MR) is 84.9 cm³/mol. The molecular formula is C17H18N2O4. The number of hydrogen-bond acceptors (Lipinski definition) is 4. The van der Waals surface area contributed by atoms with E-state index in [1.807, 2.05) is 19.9 Å². The minimum atomic E-state index is -0.980. The number of aromatic nitrogens is 1. The highest BCUT2D eigenvalue weighted by Gasteiger charge is 2.08. The van der Waals surface area contributed by atoms with Crippen molar-refractivity contribution in [1.82, 2.24) is 10.5 Å². The van der Waals surface area contributed by atoms with E-state index in [2.05, 4.69) is 10.5 Å². The Bertz CT molecular complexity index is 714. The lowest BCUT2D eigenvalue weighted by molar-refractivity contribution is -0.116. The molecule has 2 aromatic rings. The molecule has 1 aromatic carbocycles. The van der Waals surface area contributed by atoms with Crippen molar-refractivity contribution >= 4 is 18.0 Å². The fourth-order valence-electron chi connectivity index (χ4n) is 1.83. The number of carboxylic acid groups (broad SMARTS) is 1. The summed E-state index contributed by atoms with van der Waals surface area (Å²) in [4.78, 5) is 22.5. The average molecular weight is 314 g/mol. The molecule has 1 heterocycles. The van der Waals surface area contributed by atoms with Crippen LogP contribution in [0.3, 0.4) is 0 Å². The number of hydrogen-bond donors (Lipinski definition) is 2. The molecule has 0 aliphatic heterocycles. The first-order valence-electron chi connectivity index (χ1n) is 7.20. The number of benzene rings is 1. The second kappa shape index (κ2) is 7.40. The molecule has 0 aliphatic carbocycles. The van der Waals surface area contributed by atoms with Gasteiger partial charge in [-0.3, -0.25) is 4.79 Å². The third-order valence-electron chi connectivity index (χ3n) is 3.19. The van der Waals surface area contributed by atoms with Gasteiger partial charge in [-0.15, -0.1) is 0 Å². The van der Waals surface area contributed by atoms with E-state index < -0.39 is 5.97 Å². The van der Waals surface area contributed by atoms with E-state index in [1.54, 1.807) is 18.2 Å². The summed E-state index contributed by atoms with van der Waals surface area (Å²) in [5, 5.41) is 15.4. The second-order valence-corrected chi connectivity index (χ2v) is 5.35. The van der Waals surface area contributed by atoms with Crippen molar-refractivity contribution in [1.29, 1.82) is 0 Å². The molecule has 0 fully saturated rings. The SMILES string of the molecule is CC(C)c1cc(CNC(=O)C=Cc2ccc(C(=O)O)cc2)on1. The van der Waals surface area contributed by atoms with E-state index in [0.29, 0.717) is 5.76 Å². The van der Waals surface area contributed by atoms with Gasteiger partial charge in [0.05, 0.1) is 17.8 Å². The number of nitrogens with zero attached hydrogens (tertiary/aromatic N) is 1. The van der Waals surface area contributed by atoms with Crippen LogP contribution in [0.1, 0.15) is 47.1 Å². The molecule has 6 nitrogen and oxygen atoms in total. The molecule has 1 amide bonds. The van der Waals surface area contributed by atoms with Crippen molar-refractivity contribution in [2.45, 2.75) is 26.3 Å². The zero-order valence-corrected chi connectivity index (χ0v) is 12.9. The average Bonchev–Trinajstić information content (AvgIpc) is 3.00. The third-order valence-corrected chi connectivity index (χ3v) is 3.19. The molecule has 0 saturated carbocycles. The first kappa shape index (κ1) is 16.5. The van der Waals surface area contributed by atoms with Crippen LogP contribution in [0.15, 0.2) is 40.9 Å². The highest BCUT2D eigenvalue weighted by Crippen LogP contribution is 2.13. The largest absolute Gasteiger partial charge is 0.478 e. The van der Waals surface area contributed by atoms with E-state index in [0.717, 1.165) is 11.3 Å². The molecule has 0 aliphatic rings. The summed E-state index contributed by atoms with van der Waals surface area (Å²) in [6.07, 6.45) is 3.00. The Kier molecular flexibility index (Phi) is 5.30. The quantitative estimate of drug-likeness (QED) is 0.800. The van der Waals surface area contributed by atoms with Crippen LogP contribution in [-0.4, -0.2) is 22.1 Å². The summed E-state index contributed by atoms with van der Waals surface area (Å²) >= 11 is 0. The normalized spacial score (nSPS) is 11.1. The molecule has 0 bridgehead atoms. The summed E-state index contributed by atoms with van der Waals surface area (Å²) in [6.45, 7) is 4.29. The number of carboxylic acids is 1. The van der Waals surface area contributed by atoms with Crippen molar-refractivity contribution < 1.29 is 19.2 Å². The van der Waals surface area contributed by atoms with Gasteiger partial charge in [0.2, 0.25) is 5.91 Å². The van der Waals surface area contributed by atoms with Crippen LogP contribution in [0.2, 0.25) is 0 Å². The van der Waals surface area contributed by atoms with Gasteiger partial charge in [0.1, 0.15) is 0 Å². The van der Waals surface area contributed by atoms with Crippen molar-refractivity contribution in [3.05, 3.63) is 59.0 Å². The Labute approximate surface area is 133 Å². The van der Waals surface area contributed by atoms with Crippen LogP contribution in [-0.2, 0) is 11.3 Å². The van der Waals surface area contributed by atoms with Crippen molar-refractivity contribution in [2.75, 3.05) is 0 Å². The molecule has 0 unspecified atom stereocenters. The highest BCUT2D eigenvalue weighted by atomic mass is 16.5. The number of amides is 1. The molecule has 0 spiro atoms. The van der Waals surface area contributed by atoms with Crippen molar-refractivity contribution in [2.24, 2.45) is 0 Å². The minimum Gasteiger partial charge on any atom is -0.478 e. The van der Waals surface area contributed by atoms with Crippen LogP contribution >= 0.6 is 0 Å². The predicted octanol–water partition coefficient (Wildman–Crippen LogP) is 2.83. The third kappa shape index (κ3) is 4.81. The lowest BCUT2D eigenvalue weighted by Crippen LogP contribution is -2.19. The fourth-order valence-corrected chi connectivity index (χ4v) is 1.83. The maximum Gasteiger partial charge on any atom is 0.335 e. The van der Waals surface area contributed by atoms with Crippen molar-refractivity contribution in [3.8, 4) is 0 Å². The van der Waals surface area contributed by atoms with Gasteiger partial charge < -0.3 is 14.9 Å². The summed E-state index contributed by atoms with van der Waals surface area (Å²) in [6, 6.07) is 8.07. The van der Waals surface area contributed by atoms with Gasteiger partial charge in [-0.1, -0.05) is 31.1 Å². The fraction of sp³-hybridized carbons (Fsp3) is 0.235. The van der Waals surface area contributed by atoms with Crippen LogP contribution in [0, 0.1) is 0 Å². The zero-order chi connectivity index (χ0) is 16.8. The molecule has 0 atom stereocenters. The summed E-state index contributed by atoms with van der Waals surface area (Å²) in [5.74, 6) is -0.376. The lowest BCUT2D eigenvalue weighted by Gasteiger charge is -1.98. The Hall–Kier alpha value is -2.89. The Morgan fingerprint density at radius 3 is 2.57 bits per heavy atom. The number of nitrogens with one attached hydrogen (secondary N) is 1. The van der Waals surface area contributed by atoms with Gasteiger partial charge in [-0.05, 0) is 29.7 Å². The van der Waals surface area contributed by atoms with Crippen LogP contribution in [0.25, 0.3) is 6.08 Å². The van der Waals surface area contributed by atoms with Crippen LogP contribution < -0.4 is 5.32 Å². The number of rotatable bonds is 6. The van der Waals surface area contributed by atoms with Gasteiger partial charge in [0, 0.05) is 12.1 Å². The van der Waals surface area contributed by atoms with E-state index in [4.69, 9.17) is 9.63 Å². The van der Waals surface area contributed by atoms with Crippen LogP contribution in [0.5, 0.6) is 0 Å². The topological polar surface area (TPSA) is 92.4 Å². The zero-order valence-electron chi connectivity index (χ0n) is 12.9. The van der Waals surface area contributed by atoms with Gasteiger partial charge >= 0.3 is 5.97 Å². The maximum atomic E-state index is 11.8. The molecule has 2 rings (SSSR count). The van der Waals surface area contributed by atoms with E-state index in [-0.39, 0.29) is 23.9 Å². The summed E-state index contributed by atoms with van der Waals surface area (Å²) < 4.78 is 5.13. The first-order chi connectivity index (χ1) is 11.0. The molecule has 1 aromatic heterocycles. The smallest absolute Gasteiger partial charge is 0.335 e. The molecular weight excluding hydrogens is 296 g/mol. The molecule has 0 radical (unpaired) electrons. The Balaban J connectivity index is 1.87. The maximum absolute atomic E-state index is 11.8. The van der Waals surface area contributed by atoms with Gasteiger partial charge in [-0.2, -0.15) is 0 Å². The molecule has 2 N–H and O–H groups in total. The second-order valence-electron chi connectivity index (χ2n) is 5.35. The highest BCUT2D eigenvalue weighted by molar-refractivity contribution is 5.92. The van der Waals surface area contributed by atoms with Crippen LogP contribution in [0.4, 0.5) is 0 Å². The Morgan fingerprint density at radius 2 is 2.00 bits per heavy atom. The molecule has 0 saturated heterocycles. The van der Waals surface area contributed by atoms with E-state index in [1.165, 1.54) is 18.2 Å².